The second-order valence-electron chi connectivity index (χ2n) is 6.89. The number of amides is 2. The monoisotopic (exact) mass is 332 g/mol. The minimum absolute atomic E-state index is 0.0489. The largest absolute Gasteiger partial charge is 0.383 e. The SMILES string of the molecule is COCCn1nc(C)c(CNC(=O)N2C[C@@H]3CC=CC[C@H]3C2)c1C. The highest BCUT2D eigenvalue weighted by Gasteiger charge is 2.35. The van der Waals surface area contributed by atoms with E-state index >= 15 is 0 Å². The number of hydrogen-bond acceptors (Lipinski definition) is 3. The Morgan fingerprint density at radius 1 is 1.29 bits per heavy atom. The molecule has 1 N–H and O–H groups in total. The molecule has 2 aliphatic rings. The number of aromatic nitrogens is 2. The molecule has 1 fully saturated rings. The summed E-state index contributed by atoms with van der Waals surface area (Å²) < 4.78 is 7.07. The van der Waals surface area contributed by atoms with Crippen molar-refractivity contribution in [3.63, 3.8) is 0 Å². The molecule has 6 nitrogen and oxygen atoms in total. The number of allylic oxidation sites excluding steroid dienone is 2. The number of nitrogens with zero attached hydrogens (tertiary/aromatic N) is 3. The summed E-state index contributed by atoms with van der Waals surface area (Å²) in [7, 11) is 1.69. The van der Waals surface area contributed by atoms with Crippen LogP contribution in [0.25, 0.3) is 0 Å². The van der Waals surface area contributed by atoms with Gasteiger partial charge in [-0.2, -0.15) is 5.10 Å². The smallest absolute Gasteiger partial charge is 0.317 e. The van der Waals surface area contributed by atoms with Crippen LogP contribution < -0.4 is 5.32 Å². The zero-order valence-corrected chi connectivity index (χ0v) is 14.9. The van der Waals surface area contributed by atoms with Gasteiger partial charge in [0.25, 0.3) is 0 Å². The molecule has 1 aliphatic carbocycles. The van der Waals surface area contributed by atoms with E-state index in [-0.39, 0.29) is 6.03 Å². The van der Waals surface area contributed by atoms with E-state index in [4.69, 9.17) is 4.74 Å². The first-order valence-corrected chi connectivity index (χ1v) is 8.79. The number of aryl methyl sites for hydroxylation is 1. The standard InChI is InChI=1S/C18H28N4O2/c1-13-17(14(2)22(20-13)8-9-24-3)10-19-18(23)21-11-15-6-4-5-7-16(15)12-21/h4-5,15-16H,6-12H2,1-3H3,(H,19,23)/t15-,16-/m0/s1. The number of carbonyl (C=O) groups is 1. The van der Waals surface area contributed by atoms with Crippen LogP contribution in [-0.2, 0) is 17.8 Å². The molecule has 0 aromatic carbocycles. The molecule has 0 saturated carbocycles. The first kappa shape index (κ1) is 17.0. The molecule has 6 heteroatoms. The van der Waals surface area contributed by atoms with Gasteiger partial charge >= 0.3 is 6.03 Å². The van der Waals surface area contributed by atoms with Crippen molar-refractivity contribution in [3.8, 4) is 0 Å². The van der Waals surface area contributed by atoms with E-state index in [1.807, 2.05) is 23.4 Å². The van der Waals surface area contributed by atoms with Crippen LogP contribution >= 0.6 is 0 Å². The fraction of sp³-hybridized carbons (Fsp3) is 0.667. The van der Waals surface area contributed by atoms with Crippen molar-refractivity contribution >= 4 is 6.03 Å². The molecule has 2 atom stereocenters. The van der Waals surface area contributed by atoms with Crippen molar-refractivity contribution in [2.24, 2.45) is 11.8 Å². The van der Waals surface area contributed by atoms with Crippen molar-refractivity contribution in [2.45, 2.75) is 39.8 Å². The van der Waals surface area contributed by atoms with Crippen LogP contribution in [0.15, 0.2) is 12.2 Å². The maximum absolute atomic E-state index is 12.5. The first-order chi connectivity index (χ1) is 11.6. The van der Waals surface area contributed by atoms with Gasteiger partial charge in [-0.05, 0) is 38.5 Å². The van der Waals surface area contributed by atoms with E-state index < -0.39 is 0 Å². The first-order valence-electron chi connectivity index (χ1n) is 8.79. The van der Waals surface area contributed by atoms with Crippen molar-refractivity contribution in [2.75, 3.05) is 26.8 Å². The van der Waals surface area contributed by atoms with E-state index in [9.17, 15) is 4.79 Å². The van der Waals surface area contributed by atoms with Crippen molar-refractivity contribution in [3.05, 3.63) is 29.1 Å². The predicted octanol–water partition coefficient (Wildman–Crippen LogP) is 2.25. The summed E-state index contributed by atoms with van der Waals surface area (Å²) >= 11 is 0. The summed E-state index contributed by atoms with van der Waals surface area (Å²) in [6.45, 7) is 7.71. The number of hydrogen-bond donors (Lipinski definition) is 1. The van der Waals surface area contributed by atoms with Gasteiger partial charge in [-0.3, -0.25) is 4.68 Å². The van der Waals surface area contributed by atoms with Crippen molar-refractivity contribution in [1.29, 1.82) is 0 Å². The number of ether oxygens (including phenoxy) is 1. The van der Waals surface area contributed by atoms with Gasteiger partial charge in [-0.1, -0.05) is 12.2 Å². The van der Waals surface area contributed by atoms with E-state index in [0.717, 1.165) is 49.4 Å². The lowest BCUT2D eigenvalue weighted by Gasteiger charge is -2.17. The fourth-order valence-electron chi connectivity index (χ4n) is 3.84. The quantitative estimate of drug-likeness (QED) is 0.842. The van der Waals surface area contributed by atoms with Crippen LogP contribution in [0, 0.1) is 25.7 Å². The van der Waals surface area contributed by atoms with Gasteiger partial charge in [0.1, 0.15) is 0 Å². The molecular formula is C18H28N4O2. The number of nitrogens with one attached hydrogen (secondary N) is 1. The molecule has 0 unspecified atom stereocenters. The fourth-order valence-corrected chi connectivity index (χ4v) is 3.84. The Bertz CT molecular complexity index is 607. The average Bonchev–Trinajstić information content (AvgIpc) is 3.12. The van der Waals surface area contributed by atoms with Gasteiger partial charge in [-0.15, -0.1) is 0 Å². The number of likely N-dealkylation sites (tertiary alicyclic amines) is 1. The lowest BCUT2D eigenvalue weighted by Crippen LogP contribution is -2.38. The van der Waals surface area contributed by atoms with E-state index in [1.165, 1.54) is 0 Å². The summed E-state index contributed by atoms with van der Waals surface area (Å²) in [5.41, 5.74) is 3.19. The number of methoxy groups -OCH3 is 1. The number of urea groups is 1. The highest BCUT2D eigenvalue weighted by molar-refractivity contribution is 5.74. The zero-order chi connectivity index (χ0) is 17.1. The maximum atomic E-state index is 12.5. The molecule has 1 saturated heterocycles. The van der Waals surface area contributed by atoms with Gasteiger partial charge < -0.3 is 15.0 Å². The molecule has 2 heterocycles. The van der Waals surface area contributed by atoms with Crippen molar-refractivity contribution < 1.29 is 9.53 Å². The minimum Gasteiger partial charge on any atom is -0.383 e. The third kappa shape index (κ3) is 3.48. The third-order valence-corrected chi connectivity index (χ3v) is 5.36. The summed E-state index contributed by atoms with van der Waals surface area (Å²) in [5.74, 6) is 1.28. The molecule has 0 radical (unpaired) electrons. The van der Waals surface area contributed by atoms with E-state index in [0.29, 0.717) is 25.0 Å². The van der Waals surface area contributed by atoms with Crippen LogP contribution in [0.3, 0.4) is 0 Å². The van der Waals surface area contributed by atoms with Crippen molar-refractivity contribution in [1.82, 2.24) is 20.0 Å². The summed E-state index contributed by atoms with van der Waals surface area (Å²) in [4.78, 5) is 14.5. The molecular weight excluding hydrogens is 304 g/mol. The van der Waals surface area contributed by atoms with Gasteiger partial charge in [0.2, 0.25) is 0 Å². The summed E-state index contributed by atoms with van der Waals surface area (Å²) in [6.07, 6.45) is 6.73. The predicted molar refractivity (Wildman–Crippen MR) is 92.7 cm³/mol. The van der Waals surface area contributed by atoms with Gasteiger partial charge in [-0.25, -0.2) is 4.79 Å². The highest BCUT2D eigenvalue weighted by Crippen LogP contribution is 2.32. The van der Waals surface area contributed by atoms with Crippen LogP contribution in [0.5, 0.6) is 0 Å². The molecule has 1 aromatic heterocycles. The van der Waals surface area contributed by atoms with E-state index in [2.05, 4.69) is 22.6 Å². The lowest BCUT2D eigenvalue weighted by molar-refractivity contribution is 0.182. The molecule has 24 heavy (non-hydrogen) atoms. The third-order valence-electron chi connectivity index (χ3n) is 5.36. The van der Waals surface area contributed by atoms with Gasteiger partial charge in [0.15, 0.2) is 0 Å². The Balaban J connectivity index is 1.56. The second-order valence-corrected chi connectivity index (χ2v) is 6.89. The lowest BCUT2D eigenvalue weighted by atomic mass is 9.86. The second kappa shape index (κ2) is 7.38. The molecule has 1 aliphatic heterocycles. The molecule has 132 valence electrons. The van der Waals surface area contributed by atoms with Crippen LogP contribution in [0.4, 0.5) is 4.79 Å². The normalized spacial score (nSPS) is 22.7. The Labute approximate surface area is 143 Å². The highest BCUT2D eigenvalue weighted by atomic mass is 16.5. The van der Waals surface area contributed by atoms with Crippen LogP contribution in [0.1, 0.15) is 29.8 Å². The Morgan fingerprint density at radius 2 is 1.96 bits per heavy atom. The average molecular weight is 332 g/mol. The molecule has 3 rings (SSSR count). The number of fused-ring (bicyclic) bond motifs is 1. The number of carbonyl (C=O) groups excluding carboxylic acids is 1. The summed E-state index contributed by atoms with van der Waals surface area (Å²) in [5, 5.41) is 7.63. The summed E-state index contributed by atoms with van der Waals surface area (Å²) in [6, 6.07) is 0.0489. The molecule has 1 aromatic rings. The maximum Gasteiger partial charge on any atom is 0.317 e. The Kier molecular flexibility index (Phi) is 5.23. The Morgan fingerprint density at radius 3 is 2.58 bits per heavy atom. The minimum atomic E-state index is 0.0489. The number of rotatable bonds is 5. The Hall–Kier alpha value is -1.82. The molecule has 2 amide bonds. The molecule has 0 bridgehead atoms. The zero-order valence-electron chi connectivity index (χ0n) is 14.9. The molecule has 0 spiro atoms. The topological polar surface area (TPSA) is 59.4 Å². The van der Waals surface area contributed by atoms with Crippen LogP contribution in [0.2, 0.25) is 0 Å². The van der Waals surface area contributed by atoms with E-state index in [1.54, 1.807) is 7.11 Å². The van der Waals surface area contributed by atoms with Gasteiger partial charge in [0.05, 0.1) is 18.8 Å². The van der Waals surface area contributed by atoms with Gasteiger partial charge in [0, 0.05) is 38.0 Å². The van der Waals surface area contributed by atoms with Crippen LogP contribution in [-0.4, -0.2) is 47.5 Å².